The smallest absolute Gasteiger partial charge is 0.319 e. The number of rotatable bonds is 1. The summed E-state index contributed by atoms with van der Waals surface area (Å²) in [5, 5.41) is 1.08. The number of thiazole rings is 1. The summed E-state index contributed by atoms with van der Waals surface area (Å²) >= 11 is 1.79. The molecule has 0 unspecified atom stereocenters. The standard InChI is InChI=1S/C14H22N4OS/c1-17(2)13(19)18-8-6-14(15,7-9-18)12-16-10-4-3-5-11(10)20-12/h3-9,15H2,1-2H3. The van der Waals surface area contributed by atoms with Gasteiger partial charge < -0.3 is 15.5 Å². The minimum atomic E-state index is -0.335. The number of piperidine rings is 1. The van der Waals surface area contributed by atoms with Gasteiger partial charge in [0.05, 0.1) is 11.2 Å². The third-order valence-electron chi connectivity index (χ3n) is 4.33. The van der Waals surface area contributed by atoms with Crippen LogP contribution in [0, 0.1) is 0 Å². The third-order valence-corrected chi connectivity index (χ3v) is 5.71. The van der Waals surface area contributed by atoms with E-state index in [1.54, 1.807) is 30.3 Å². The van der Waals surface area contributed by atoms with Gasteiger partial charge in [0, 0.05) is 32.1 Å². The number of fused-ring (bicyclic) bond motifs is 1. The summed E-state index contributed by atoms with van der Waals surface area (Å²) in [5.74, 6) is 0. The van der Waals surface area contributed by atoms with E-state index in [0.29, 0.717) is 0 Å². The van der Waals surface area contributed by atoms with Crippen molar-refractivity contribution in [3.63, 3.8) is 0 Å². The number of amides is 2. The number of hydrogen-bond donors (Lipinski definition) is 1. The van der Waals surface area contributed by atoms with Gasteiger partial charge in [0.15, 0.2) is 0 Å². The van der Waals surface area contributed by atoms with E-state index in [1.165, 1.54) is 17.0 Å². The second-order valence-electron chi connectivity index (χ2n) is 6.06. The lowest BCUT2D eigenvalue weighted by Crippen LogP contribution is -2.51. The number of likely N-dealkylation sites (tertiary alicyclic amines) is 1. The van der Waals surface area contributed by atoms with Crippen molar-refractivity contribution in [3.8, 4) is 0 Å². The summed E-state index contributed by atoms with van der Waals surface area (Å²) in [7, 11) is 3.58. The van der Waals surface area contributed by atoms with Crippen molar-refractivity contribution in [2.45, 2.75) is 37.6 Å². The Bertz CT molecular complexity index is 496. The minimum absolute atomic E-state index is 0.0775. The van der Waals surface area contributed by atoms with Crippen LogP contribution in [0.2, 0.25) is 0 Å². The topological polar surface area (TPSA) is 62.5 Å². The summed E-state index contributed by atoms with van der Waals surface area (Å²) in [4.78, 5) is 21.7. The third kappa shape index (κ3) is 2.31. The van der Waals surface area contributed by atoms with Gasteiger partial charge in [0.25, 0.3) is 0 Å². The van der Waals surface area contributed by atoms with Crippen molar-refractivity contribution < 1.29 is 4.79 Å². The largest absolute Gasteiger partial charge is 0.331 e. The van der Waals surface area contributed by atoms with Crippen LogP contribution >= 0.6 is 11.3 Å². The summed E-state index contributed by atoms with van der Waals surface area (Å²) in [6, 6.07) is 0.0775. The molecule has 1 aliphatic heterocycles. The molecule has 0 aromatic carbocycles. The first-order valence-corrected chi connectivity index (χ1v) is 8.05. The van der Waals surface area contributed by atoms with E-state index in [1.807, 2.05) is 4.90 Å². The van der Waals surface area contributed by atoms with Crippen LogP contribution in [0.25, 0.3) is 0 Å². The molecule has 6 heteroatoms. The monoisotopic (exact) mass is 294 g/mol. The van der Waals surface area contributed by atoms with Crippen molar-refractivity contribution in [2.75, 3.05) is 27.2 Å². The van der Waals surface area contributed by atoms with Crippen molar-refractivity contribution >= 4 is 17.4 Å². The second-order valence-corrected chi connectivity index (χ2v) is 7.15. The lowest BCUT2D eigenvalue weighted by atomic mass is 9.89. The fourth-order valence-corrected chi connectivity index (χ4v) is 4.31. The van der Waals surface area contributed by atoms with E-state index in [9.17, 15) is 4.79 Å². The number of nitrogens with two attached hydrogens (primary N) is 1. The van der Waals surface area contributed by atoms with Crippen LogP contribution in [0.1, 0.15) is 34.8 Å². The van der Waals surface area contributed by atoms with Crippen LogP contribution in [0.5, 0.6) is 0 Å². The molecule has 2 heterocycles. The number of urea groups is 1. The molecule has 2 aliphatic rings. The van der Waals surface area contributed by atoms with Crippen LogP contribution in [0.15, 0.2) is 0 Å². The first-order valence-electron chi connectivity index (χ1n) is 7.24. The van der Waals surface area contributed by atoms with E-state index in [2.05, 4.69) is 0 Å². The Balaban J connectivity index is 1.70. The van der Waals surface area contributed by atoms with E-state index in [0.717, 1.165) is 43.8 Å². The maximum absolute atomic E-state index is 12.0. The highest BCUT2D eigenvalue weighted by Crippen LogP contribution is 2.37. The van der Waals surface area contributed by atoms with Crippen LogP contribution in [-0.2, 0) is 18.4 Å². The summed E-state index contributed by atoms with van der Waals surface area (Å²) in [5.41, 5.74) is 7.51. The second kappa shape index (κ2) is 5.00. The first-order chi connectivity index (χ1) is 9.49. The minimum Gasteiger partial charge on any atom is -0.331 e. The zero-order valence-corrected chi connectivity index (χ0v) is 13.0. The van der Waals surface area contributed by atoms with Crippen LogP contribution < -0.4 is 5.73 Å². The molecule has 1 aromatic heterocycles. The Labute approximate surface area is 123 Å². The highest BCUT2D eigenvalue weighted by Gasteiger charge is 2.37. The van der Waals surface area contributed by atoms with Gasteiger partial charge in [0.2, 0.25) is 0 Å². The lowest BCUT2D eigenvalue weighted by molar-refractivity contribution is 0.138. The molecule has 1 aromatic rings. The predicted molar refractivity (Wildman–Crippen MR) is 79.9 cm³/mol. The summed E-state index contributed by atoms with van der Waals surface area (Å²) in [6.07, 6.45) is 5.11. The number of nitrogens with zero attached hydrogens (tertiary/aromatic N) is 3. The molecule has 0 radical (unpaired) electrons. The van der Waals surface area contributed by atoms with Crippen LogP contribution in [0.3, 0.4) is 0 Å². The molecule has 3 rings (SSSR count). The highest BCUT2D eigenvalue weighted by molar-refractivity contribution is 7.12. The zero-order valence-electron chi connectivity index (χ0n) is 12.2. The number of carbonyl (C=O) groups excluding carboxylic acids is 1. The number of carbonyl (C=O) groups is 1. The zero-order chi connectivity index (χ0) is 14.3. The van der Waals surface area contributed by atoms with Crippen molar-refractivity contribution in [1.29, 1.82) is 0 Å². The number of aryl methyl sites for hydroxylation is 2. The molecule has 2 N–H and O–H groups in total. The molecule has 0 atom stereocenters. The molecular formula is C14H22N4OS. The van der Waals surface area contributed by atoms with Gasteiger partial charge in [-0.05, 0) is 32.1 Å². The van der Waals surface area contributed by atoms with Gasteiger partial charge in [-0.1, -0.05) is 0 Å². The molecule has 20 heavy (non-hydrogen) atoms. The van der Waals surface area contributed by atoms with E-state index < -0.39 is 0 Å². The van der Waals surface area contributed by atoms with Crippen molar-refractivity contribution in [3.05, 3.63) is 15.6 Å². The summed E-state index contributed by atoms with van der Waals surface area (Å²) in [6.45, 7) is 1.44. The molecular weight excluding hydrogens is 272 g/mol. The van der Waals surface area contributed by atoms with Crippen LogP contribution in [-0.4, -0.2) is 48.0 Å². The quantitative estimate of drug-likeness (QED) is 0.855. The molecule has 5 nitrogen and oxygen atoms in total. The molecule has 1 aliphatic carbocycles. The van der Waals surface area contributed by atoms with E-state index in [4.69, 9.17) is 10.7 Å². The van der Waals surface area contributed by atoms with Gasteiger partial charge >= 0.3 is 6.03 Å². The molecule has 0 bridgehead atoms. The fourth-order valence-electron chi connectivity index (χ4n) is 3.00. The Kier molecular flexibility index (Phi) is 3.46. The normalized spacial score (nSPS) is 20.9. The van der Waals surface area contributed by atoms with Crippen molar-refractivity contribution in [2.24, 2.45) is 5.73 Å². The molecule has 0 saturated carbocycles. The van der Waals surface area contributed by atoms with E-state index in [-0.39, 0.29) is 11.6 Å². The average molecular weight is 294 g/mol. The molecule has 1 fully saturated rings. The maximum atomic E-state index is 12.0. The Hall–Kier alpha value is -1.14. The molecule has 0 spiro atoms. The van der Waals surface area contributed by atoms with Gasteiger partial charge in [-0.3, -0.25) is 0 Å². The molecule has 110 valence electrons. The van der Waals surface area contributed by atoms with Gasteiger partial charge in [-0.25, -0.2) is 9.78 Å². The Morgan fingerprint density at radius 1 is 1.35 bits per heavy atom. The first kappa shape index (κ1) is 13.8. The van der Waals surface area contributed by atoms with Gasteiger partial charge in [-0.15, -0.1) is 11.3 Å². The highest BCUT2D eigenvalue weighted by atomic mass is 32.1. The van der Waals surface area contributed by atoms with E-state index >= 15 is 0 Å². The van der Waals surface area contributed by atoms with Gasteiger partial charge in [0.1, 0.15) is 5.01 Å². The molecule has 2 amide bonds. The van der Waals surface area contributed by atoms with Crippen molar-refractivity contribution in [1.82, 2.24) is 14.8 Å². The maximum Gasteiger partial charge on any atom is 0.319 e. The number of aromatic nitrogens is 1. The lowest BCUT2D eigenvalue weighted by Gasteiger charge is -2.38. The van der Waals surface area contributed by atoms with Crippen LogP contribution in [0.4, 0.5) is 4.79 Å². The average Bonchev–Trinajstić information content (AvgIpc) is 2.99. The van der Waals surface area contributed by atoms with Gasteiger partial charge in [-0.2, -0.15) is 0 Å². The predicted octanol–water partition coefficient (Wildman–Crippen LogP) is 1.56. The fraction of sp³-hybridized carbons (Fsp3) is 0.714. The SMILES string of the molecule is CN(C)C(=O)N1CCC(N)(c2nc3c(s2)CCC3)CC1. The summed E-state index contributed by atoms with van der Waals surface area (Å²) < 4.78 is 0. The number of hydrogen-bond acceptors (Lipinski definition) is 4. The Morgan fingerprint density at radius 2 is 2.05 bits per heavy atom. The Morgan fingerprint density at radius 3 is 2.65 bits per heavy atom. The molecule has 1 saturated heterocycles.